The summed E-state index contributed by atoms with van der Waals surface area (Å²) < 4.78 is 10.8. The van der Waals surface area contributed by atoms with Gasteiger partial charge in [-0.2, -0.15) is 0 Å². The van der Waals surface area contributed by atoms with E-state index in [1.54, 1.807) is 4.90 Å². The first kappa shape index (κ1) is 19.5. The molecule has 0 aromatic heterocycles. The van der Waals surface area contributed by atoms with Crippen LogP contribution in [0.2, 0.25) is 0 Å². The molecule has 0 N–H and O–H groups in total. The summed E-state index contributed by atoms with van der Waals surface area (Å²) in [6.07, 6.45) is 7.24. The number of hydrogen-bond acceptors (Lipinski definition) is 4. The minimum atomic E-state index is -0.510. The fraction of sp³-hybridized carbons (Fsp3) is 0.778. The molecular formula is C18H31NO4. The second kappa shape index (κ2) is 8.94. The Kier molecular flexibility index (Phi) is 7.59. The highest BCUT2D eigenvalue weighted by atomic mass is 16.6. The molecule has 132 valence electrons. The van der Waals surface area contributed by atoms with Crippen LogP contribution < -0.4 is 0 Å². The van der Waals surface area contributed by atoms with Crippen molar-refractivity contribution in [1.82, 2.24) is 4.90 Å². The van der Waals surface area contributed by atoms with E-state index in [4.69, 9.17) is 9.47 Å². The highest BCUT2D eigenvalue weighted by Crippen LogP contribution is 2.23. The van der Waals surface area contributed by atoms with E-state index in [0.29, 0.717) is 12.3 Å². The van der Waals surface area contributed by atoms with Gasteiger partial charge in [0.15, 0.2) is 0 Å². The van der Waals surface area contributed by atoms with Gasteiger partial charge in [0.05, 0.1) is 6.04 Å². The lowest BCUT2D eigenvalue weighted by Crippen LogP contribution is -2.45. The van der Waals surface area contributed by atoms with Gasteiger partial charge in [0, 0.05) is 19.9 Å². The van der Waals surface area contributed by atoms with Crippen LogP contribution in [0.1, 0.15) is 73.1 Å². The van der Waals surface area contributed by atoms with Crippen LogP contribution in [0.3, 0.4) is 0 Å². The maximum absolute atomic E-state index is 12.4. The average molecular weight is 325 g/mol. The molecule has 1 aliphatic heterocycles. The number of carbonyl (C=O) groups is 2. The van der Waals surface area contributed by atoms with Crippen molar-refractivity contribution in [2.45, 2.75) is 84.8 Å². The molecule has 0 aromatic rings. The van der Waals surface area contributed by atoms with Crippen molar-refractivity contribution < 1.29 is 19.1 Å². The quantitative estimate of drug-likeness (QED) is 0.555. The standard InChI is InChI=1S/C18H31NO4/c1-6-7-11-16(22-14(2)20)13-15-10-8-9-12-19(15)17(21)23-18(3,4)5/h13,15H,6-12H2,1-5H3/b16-13+. The number of esters is 1. The van der Waals surface area contributed by atoms with E-state index in [9.17, 15) is 9.59 Å². The van der Waals surface area contributed by atoms with Crippen molar-refractivity contribution in [3.05, 3.63) is 11.8 Å². The smallest absolute Gasteiger partial charge is 0.410 e. The van der Waals surface area contributed by atoms with Gasteiger partial charge in [-0.15, -0.1) is 0 Å². The van der Waals surface area contributed by atoms with E-state index in [1.165, 1.54) is 6.92 Å². The van der Waals surface area contributed by atoms with Gasteiger partial charge in [-0.1, -0.05) is 13.3 Å². The van der Waals surface area contributed by atoms with Gasteiger partial charge in [-0.05, 0) is 52.5 Å². The third-order valence-corrected chi connectivity index (χ3v) is 3.61. The van der Waals surface area contributed by atoms with Gasteiger partial charge < -0.3 is 14.4 Å². The number of ether oxygens (including phenoxy) is 2. The summed E-state index contributed by atoms with van der Waals surface area (Å²) in [6.45, 7) is 9.78. The molecule has 0 aromatic carbocycles. The molecule has 1 saturated heterocycles. The molecule has 1 unspecified atom stereocenters. The Balaban J connectivity index is 2.87. The maximum atomic E-state index is 12.4. The number of nitrogens with zero attached hydrogens (tertiary/aromatic N) is 1. The zero-order valence-corrected chi connectivity index (χ0v) is 15.2. The van der Waals surface area contributed by atoms with E-state index >= 15 is 0 Å². The largest absolute Gasteiger partial charge is 0.444 e. The molecule has 1 heterocycles. The molecule has 0 saturated carbocycles. The minimum absolute atomic E-state index is 0.0650. The van der Waals surface area contributed by atoms with Crippen molar-refractivity contribution in [3.63, 3.8) is 0 Å². The van der Waals surface area contributed by atoms with Crippen molar-refractivity contribution in [2.24, 2.45) is 0 Å². The first-order valence-corrected chi connectivity index (χ1v) is 8.61. The normalized spacial score (nSPS) is 19.4. The number of carbonyl (C=O) groups excluding carboxylic acids is 2. The predicted molar refractivity (Wildman–Crippen MR) is 90.0 cm³/mol. The summed E-state index contributed by atoms with van der Waals surface area (Å²) in [6, 6.07) is -0.0650. The molecule has 23 heavy (non-hydrogen) atoms. The number of amides is 1. The first-order valence-electron chi connectivity index (χ1n) is 8.61. The Morgan fingerprint density at radius 2 is 1.96 bits per heavy atom. The highest BCUT2D eigenvalue weighted by molar-refractivity contribution is 5.69. The second-order valence-electron chi connectivity index (χ2n) is 7.07. The predicted octanol–water partition coefficient (Wildman–Crippen LogP) is 4.41. The lowest BCUT2D eigenvalue weighted by atomic mass is 10.0. The van der Waals surface area contributed by atoms with Gasteiger partial charge >= 0.3 is 12.1 Å². The molecule has 1 aliphatic rings. The maximum Gasteiger partial charge on any atom is 0.410 e. The Hall–Kier alpha value is -1.52. The van der Waals surface area contributed by atoms with E-state index in [2.05, 4.69) is 6.92 Å². The highest BCUT2D eigenvalue weighted by Gasteiger charge is 2.29. The van der Waals surface area contributed by atoms with Gasteiger partial charge in [0.1, 0.15) is 11.4 Å². The van der Waals surface area contributed by atoms with Gasteiger partial charge in [0.2, 0.25) is 0 Å². The molecule has 1 fully saturated rings. The molecule has 1 atom stereocenters. The fourth-order valence-electron chi connectivity index (χ4n) is 2.60. The SMILES string of the molecule is CCCC/C(=C\C1CCCCN1C(=O)OC(C)(C)C)OC(C)=O. The second-order valence-corrected chi connectivity index (χ2v) is 7.07. The lowest BCUT2D eigenvalue weighted by Gasteiger charge is -2.35. The van der Waals surface area contributed by atoms with Crippen LogP contribution >= 0.6 is 0 Å². The van der Waals surface area contributed by atoms with Crippen molar-refractivity contribution in [1.29, 1.82) is 0 Å². The zero-order chi connectivity index (χ0) is 17.5. The summed E-state index contributed by atoms with van der Waals surface area (Å²) in [4.78, 5) is 25.5. The van der Waals surface area contributed by atoms with Crippen LogP contribution in [0.5, 0.6) is 0 Å². The molecule has 1 amide bonds. The van der Waals surface area contributed by atoms with Crippen LogP contribution in [0.15, 0.2) is 11.8 Å². The van der Waals surface area contributed by atoms with E-state index < -0.39 is 5.60 Å². The van der Waals surface area contributed by atoms with E-state index in [0.717, 1.165) is 38.5 Å². The number of likely N-dealkylation sites (tertiary alicyclic amines) is 1. The molecule has 0 bridgehead atoms. The topological polar surface area (TPSA) is 55.8 Å². The van der Waals surface area contributed by atoms with E-state index in [1.807, 2.05) is 26.8 Å². The summed E-state index contributed by atoms with van der Waals surface area (Å²) >= 11 is 0. The summed E-state index contributed by atoms with van der Waals surface area (Å²) in [5.74, 6) is 0.354. The number of piperidine rings is 1. The van der Waals surface area contributed by atoms with E-state index in [-0.39, 0.29) is 18.1 Å². The van der Waals surface area contributed by atoms with Crippen LogP contribution in [0, 0.1) is 0 Å². The molecule has 1 rings (SSSR count). The van der Waals surface area contributed by atoms with Crippen LogP contribution in [0.25, 0.3) is 0 Å². The Morgan fingerprint density at radius 3 is 2.52 bits per heavy atom. The lowest BCUT2D eigenvalue weighted by molar-refractivity contribution is -0.137. The number of unbranched alkanes of at least 4 members (excludes halogenated alkanes) is 1. The third kappa shape index (κ3) is 7.53. The molecule has 0 aliphatic carbocycles. The molecule has 5 heteroatoms. The minimum Gasteiger partial charge on any atom is -0.444 e. The molecule has 5 nitrogen and oxygen atoms in total. The Morgan fingerprint density at radius 1 is 1.26 bits per heavy atom. The average Bonchev–Trinajstić information content (AvgIpc) is 2.42. The van der Waals surface area contributed by atoms with Crippen LogP contribution in [0.4, 0.5) is 4.79 Å². The van der Waals surface area contributed by atoms with Gasteiger partial charge in [-0.3, -0.25) is 4.79 Å². The Labute approximate surface area is 140 Å². The molecular weight excluding hydrogens is 294 g/mol. The molecule has 0 spiro atoms. The Bertz CT molecular complexity index is 437. The summed E-state index contributed by atoms with van der Waals surface area (Å²) in [5, 5.41) is 0. The monoisotopic (exact) mass is 325 g/mol. The summed E-state index contributed by atoms with van der Waals surface area (Å²) in [7, 11) is 0. The fourth-order valence-corrected chi connectivity index (χ4v) is 2.60. The number of rotatable bonds is 5. The summed E-state index contributed by atoms with van der Waals surface area (Å²) in [5.41, 5.74) is -0.510. The number of allylic oxidation sites excluding steroid dienone is 1. The first-order chi connectivity index (χ1) is 10.7. The van der Waals surface area contributed by atoms with Gasteiger partial charge in [0.25, 0.3) is 0 Å². The molecule has 0 radical (unpaired) electrons. The van der Waals surface area contributed by atoms with Gasteiger partial charge in [-0.25, -0.2) is 4.79 Å². The van der Waals surface area contributed by atoms with Crippen LogP contribution in [-0.2, 0) is 14.3 Å². The van der Waals surface area contributed by atoms with Crippen LogP contribution in [-0.4, -0.2) is 35.2 Å². The number of hydrogen-bond donors (Lipinski definition) is 0. The van der Waals surface area contributed by atoms with Crippen molar-refractivity contribution in [2.75, 3.05) is 6.54 Å². The van der Waals surface area contributed by atoms with Crippen molar-refractivity contribution in [3.8, 4) is 0 Å². The van der Waals surface area contributed by atoms with Crippen molar-refractivity contribution >= 4 is 12.1 Å². The zero-order valence-electron chi connectivity index (χ0n) is 15.2. The third-order valence-electron chi connectivity index (χ3n) is 3.61.